The third kappa shape index (κ3) is 2.71. The molecule has 0 aliphatic rings. The third-order valence-electron chi connectivity index (χ3n) is 2.32. The summed E-state index contributed by atoms with van der Waals surface area (Å²) in [5, 5.41) is 15.5. The molecule has 0 saturated carbocycles. The van der Waals surface area contributed by atoms with Crippen molar-refractivity contribution < 1.29 is 4.79 Å². The zero-order valence-electron chi connectivity index (χ0n) is 8.96. The molecule has 1 heterocycles. The van der Waals surface area contributed by atoms with Crippen molar-refractivity contribution in [2.45, 2.75) is 6.04 Å². The largest absolute Gasteiger partial charge is 0.332 e. The van der Waals surface area contributed by atoms with Crippen LogP contribution in [0.25, 0.3) is 0 Å². The van der Waals surface area contributed by atoms with E-state index in [2.05, 4.69) is 11.4 Å². The van der Waals surface area contributed by atoms with E-state index in [1.54, 1.807) is 24.3 Å². The predicted molar refractivity (Wildman–Crippen MR) is 66.6 cm³/mol. The first-order valence-corrected chi connectivity index (χ1v) is 6.03. The summed E-state index contributed by atoms with van der Waals surface area (Å²) in [4.78, 5) is 11.9. The molecule has 1 amide bonds. The Labute approximate surface area is 103 Å². The third-order valence-corrected chi connectivity index (χ3v) is 3.02. The van der Waals surface area contributed by atoms with Crippen LogP contribution in [0, 0.1) is 11.3 Å². The van der Waals surface area contributed by atoms with Gasteiger partial charge in [-0.05, 0) is 34.5 Å². The molecular weight excluding hydrogens is 232 g/mol. The number of rotatable bonds is 3. The summed E-state index contributed by atoms with van der Waals surface area (Å²) in [6.45, 7) is 0. The van der Waals surface area contributed by atoms with E-state index in [4.69, 9.17) is 5.26 Å². The van der Waals surface area contributed by atoms with E-state index in [-0.39, 0.29) is 5.91 Å². The van der Waals surface area contributed by atoms with Crippen LogP contribution in [-0.2, 0) is 0 Å². The molecule has 17 heavy (non-hydrogen) atoms. The van der Waals surface area contributed by atoms with Gasteiger partial charge in [0.2, 0.25) is 0 Å². The van der Waals surface area contributed by atoms with Crippen LogP contribution in [0.2, 0.25) is 0 Å². The first-order valence-electron chi connectivity index (χ1n) is 5.09. The molecule has 2 aromatic rings. The lowest BCUT2D eigenvalue weighted by Gasteiger charge is -2.09. The molecule has 1 unspecified atom stereocenters. The number of amides is 1. The van der Waals surface area contributed by atoms with Crippen molar-refractivity contribution in [3.8, 4) is 6.07 Å². The summed E-state index contributed by atoms with van der Waals surface area (Å²) in [5.41, 5.74) is 1.38. The second-order valence-corrected chi connectivity index (χ2v) is 4.24. The molecule has 0 spiro atoms. The average Bonchev–Trinajstić information content (AvgIpc) is 2.90. The minimum atomic E-state index is -0.589. The van der Waals surface area contributed by atoms with Crippen LogP contribution in [0.4, 0.5) is 0 Å². The van der Waals surface area contributed by atoms with Gasteiger partial charge in [-0.25, -0.2) is 0 Å². The van der Waals surface area contributed by atoms with Crippen molar-refractivity contribution in [1.82, 2.24) is 5.32 Å². The van der Waals surface area contributed by atoms with Crippen molar-refractivity contribution in [2.24, 2.45) is 0 Å². The van der Waals surface area contributed by atoms with E-state index in [1.165, 1.54) is 11.3 Å². The Hall–Kier alpha value is -2.12. The summed E-state index contributed by atoms with van der Waals surface area (Å²) in [7, 11) is 0. The Morgan fingerprint density at radius 2 is 2.06 bits per heavy atom. The van der Waals surface area contributed by atoms with Crippen LogP contribution < -0.4 is 5.32 Å². The normalized spacial score (nSPS) is 11.5. The quantitative estimate of drug-likeness (QED) is 0.899. The van der Waals surface area contributed by atoms with Gasteiger partial charge in [-0.1, -0.05) is 18.2 Å². The van der Waals surface area contributed by atoms with Gasteiger partial charge < -0.3 is 5.32 Å². The van der Waals surface area contributed by atoms with E-state index in [0.717, 1.165) is 5.56 Å². The number of hydrogen-bond donors (Lipinski definition) is 1. The molecule has 0 aliphatic heterocycles. The molecule has 1 aromatic carbocycles. The summed E-state index contributed by atoms with van der Waals surface area (Å²) in [5.74, 6) is -0.233. The van der Waals surface area contributed by atoms with Crippen molar-refractivity contribution in [2.75, 3.05) is 0 Å². The lowest BCUT2D eigenvalue weighted by molar-refractivity contribution is 0.0945. The number of carbonyl (C=O) groups is 1. The lowest BCUT2D eigenvalue weighted by Crippen LogP contribution is -2.27. The van der Waals surface area contributed by atoms with Crippen LogP contribution in [0.3, 0.4) is 0 Å². The minimum absolute atomic E-state index is 0.233. The van der Waals surface area contributed by atoms with Crippen molar-refractivity contribution in [3.05, 3.63) is 58.3 Å². The highest BCUT2D eigenvalue weighted by atomic mass is 32.1. The monoisotopic (exact) mass is 242 g/mol. The first-order chi connectivity index (χ1) is 8.31. The van der Waals surface area contributed by atoms with Crippen molar-refractivity contribution in [3.63, 3.8) is 0 Å². The Balaban J connectivity index is 2.11. The number of nitrogens with zero attached hydrogens (tertiary/aromatic N) is 1. The summed E-state index contributed by atoms with van der Waals surface area (Å²) in [6, 6.07) is 12.2. The zero-order valence-corrected chi connectivity index (χ0v) is 9.78. The molecular formula is C13H10N2OS. The fraction of sp³-hybridized carbons (Fsp3) is 0.0769. The van der Waals surface area contributed by atoms with E-state index in [9.17, 15) is 4.79 Å². The molecule has 0 saturated heterocycles. The van der Waals surface area contributed by atoms with Gasteiger partial charge in [0.05, 0.1) is 6.07 Å². The first kappa shape index (κ1) is 11.4. The van der Waals surface area contributed by atoms with Crippen LogP contribution in [-0.4, -0.2) is 5.91 Å². The lowest BCUT2D eigenvalue weighted by atomic mass is 10.1. The average molecular weight is 242 g/mol. The molecule has 0 bridgehead atoms. The standard InChI is InChI=1S/C13H10N2OS/c14-8-12(11-6-7-17-9-11)15-13(16)10-4-2-1-3-5-10/h1-7,9,12H,(H,15,16). The number of thiophene rings is 1. The molecule has 84 valence electrons. The number of carbonyl (C=O) groups excluding carboxylic acids is 1. The van der Waals surface area contributed by atoms with Gasteiger partial charge in [-0.15, -0.1) is 0 Å². The van der Waals surface area contributed by atoms with Gasteiger partial charge in [0.1, 0.15) is 6.04 Å². The predicted octanol–water partition coefficient (Wildman–Crippen LogP) is 2.74. The topological polar surface area (TPSA) is 52.9 Å². The Morgan fingerprint density at radius 1 is 1.29 bits per heavy atom. The summed E-state index contributed by atoms with van der Waals surface area (Å²) < 4.78 is 0. The number of benzene rings is 1. The maximum atomic E-state index is 11.9. The number of nitriles is 1. The fourth-order valence-corrected chi connectivity index (χ4v) is 2.12. The molecule has 1 atom stereocenters. The molecule has 0 aliphatic carbocycles. The van der Waals surface area contributed by atoms with Crippen LogP contribution in [0.1, 0.15) is 22.0 Å². The minimum Gasteiger partial charge on any atom is -0.332 e. The highest BCUT2D eigenvalue weighted by Gasteiger charge is 2.14. The summed E-state index contributed by atoms with van der Waals surface area (Å²) >= 11 is 1.50. The number of nitrogens with one attached hydrogen (secondary N) is 1. The van der Waals surface area contributed by atoms with Crippen LogP contribution in [0.5, 0.6) is 0 Å². The SMILES string of the molecule is N#CC(NC(=O)c1ccccc1)c1ccsc1. The van der Waals surface area contributed by atoms with Gasteiger partial charge in [0.15, 0.2) is 0 Å². The van der Waals surface area contributed by atoms with Gasteiger partial charge in [-0.2, -0.15) is 16.6 Å². The highest BCUT2D eigenvalue weighted by Crippen LogP contribution is 2.16. The van der Waals surface area contributed by atoms with E-state index >= 15 is 0 Å². The second kappa shape index (κ2) is 5.28. The highest BCUT2D eigenvalue weighted by molar-refractivity contribution is 7.08. The smallest absolute Gasteiger partial charge is 0.252 e. The van der Waals surface area contributed by atoms with Gasteiger partial charge in [-0.3, -0.25) is 4.79 Å². The molecule has 1 N–H and O–H groups in total. The van der Waals surface area contributed by atoms with E-state index in [1.807, 2.05) is 22.9 Å². The Morgan fingerprint density at radius 3 is 2.65 bits per heavy atom. The molecule has 3 nitrogen and oxygen atoms in total. The van der Waals surface area contributed by atoms with Crippen LogP contribution in [0.15, 0.2) is 47.2 Å². The second-order valence-electron chi connectivity index (χ2n) is 3.46. The summed E-state index contributed by atoms with van der Waals surface area (Å²) in [6.07, 6.45) is 0. The maximum Gasteiger partial charge on any atom is 0.252 e. The number of hydrogen-bond acceptors (Lipinski definition) is 3. The van der Waals surface area contributed by atoms with Gasteiger partial charge >= 0.3 is 0 Å². The maximum absolute atomic E-state index is 11.9. The van der Waals surface area contributed by atoms with Crippen molar-refractivity contribution in [1.29, 1.82) is 5.26 Å². The Bertz CT molecular complexity index is 528. The Kier molecular flexibility index (Phi) is 3.53. The van der Waals surface area contributed by atoms with Crippen molar-refractivity contribution >= 4 is 17.2 Å². The molecule has 2 rings (SSSR count). The van der Waals surface area contributed by atoms with Gasteiger partial charge in [0, 0.05) is 5.56 Å². The van der Waals surface area contributed by atoms with E-state index < -0.39 is 6.04 Å². The molecule has 4 heteroatoms. The molecule has 0 radical (unpaired) electrons. The van der Waals surface area contributed by atoms with Crippen LogP contribution >= 0.6 is 11.3 Å². The zero-order chi connectivity index (χ0) is 12.1. The van der Waals surface area contributed by atoms with E-state index in [0.29, 0.717) is 5.56 Å². The van der Waals surface area contributed by atoms with Gasteiger partial charge in [0.25, 0.3) is 5.91 Å². The molecule has 1 aromatic heterocycles. The fourth-order valence-electron chi connectivity index (χ4n) is 1.43. The molecule has 0 fully saturated rings.